The lowest BCUT2D eigenvalue weighted by atomic mass is 9.89. The van der Waals surface area contributed by atoms with Gasteiger partial charge in [-0.3, -0.25) is 4.79 Å². The van der Waals surface area contributed by atoms with Crippen molar-refractivity contribution in [3.05, 3.63) is 45.7 Å². The molecule has 0 radical (unpaired) electrons. The van der Waals surface area contributed by atoms with Crippen molar-refractivity contribution in [2.75, 3.05) is 25.1 Å². The van der Waals surface area contributed by atoms with E-state index >= 15 is 0 Å². The summed E-state index contributed by atoms with van der Waals surface area (Å²) in [6, 6.07) is 5.64. The minimum absolute atomic E-state index is 0.0343. The van der Waals surface area contributed by atoms with Gasteiger partial charge in [0.05, 0.1) is 7.11 Å². The highest BCUT2D eigenvalue weighted by Crippen LogP contribution is 2.33. The normalized spacial score (nSPS) is 15.2. The van der Waals surface area contributed by atoms with E-state index in [1.165, 1.54) is 42.7 Å². The van der Waals surface area contributed by atoms with Crippen molar-refractivity contribution < 1.29 is 18.7 Å². The van der Waals surface area contributed by atoms with Gasteiger partial charge in [0.1, 0.15) is 5.82 Å². The molecule has 5 nitrogen and oxygen atoms in total. The number of hydrogen-bond donors (Lipinski definition) is 0. The van der Waals surface area contributed by atoms with Gasteiger partial charge >= 0.3 is 5.97 Å². The molecule has 25 heavy (non-hydrogen) atoms. The van der Waals surface area contributed by atoms with Gasteiger partial charge in [0, 0.05) is 24.6 Å². The first kappa shape index (κ1) is 17.8. The van der Waals surface area contributed by atoms with E-state index in [0.717, 1.165) is 0 Å². The molecule has 0 N–H and O–H groups in total. The molecule has 8 heteroatoms. The van der Waals surface area contributed by atoms with Crippen LogP contribution in [0, 0.1) is 11.7 Å². The average molecular weight is 383 g/mol. The summed E-state index contributed by atoms with van der Waals surface area (Å²) in [5.74, 6) is -0.923. The molecular weight excluding hydrogens is 367 g/mol. The number of benzene rings is 1. The summed E-state index contributed by atoms with van der Waals surface area (Å²) in [6.45, 7) is 1.28. The van der Waals surface area contributed by atoms with Crippen molar-refractivity contribution in [1.29, 1.82) is 0 Å². The molecule has 1 saturated heterocycles. The number of rotatable bonds is 4. The van der Waals surface area contributed by atoms with E-state index in [0.29, 0.717) is 36.6 Å². The summed E-state index contributed by atoms with van der Waals surface area (Å²) in [5, 5.41) is 0.787. The Hall–Kier alpha value is -1.99. The van der Waals surface area contributed by atoms with Crippen LogP contribution in [0.2, 0.25) is 5.15 Å². The minimum Gasteiger partial charge on any atom is -0.465 e. The molecule has 0 spiro atoms. The van der Waals surface area contributed by atoms with Crippen LogP contribution in [0.15, 0.2) is 24.3 Å². The van der Waals surface area contributed by atoms with Gasteiger partial charge in [-0.15, -0.1) is 0 Å². The number of hydrogen-bond acceptors (Lipinski definition) is 6. The van der Waals surface area contributed by atoms with E-state index < -0.39 is 5.97 Å². The van der Waals surface area contributed by atoms with E-state index in [1.807, 2.05) is 4.90 Å². The van der Waals surface area contributed by atoms with Crippen molar-refractivity contribution in [2.24, 2.45) is 5.92 Å². The maximum Gasteiger partial charge on any atom is 0.351 e. The van der Waals surface area contributed by atoms with Crippen molar-refractivity contribution in [3.63, 3.8) is 0 Å². The van der Waals surface area contributed by atoms with Gasteiger partial charge < -0.3 is 9.64 Å². The number of carbonyl (C=O) groups excluding carboxylic acids is 2. The molecule has 0 atom stereocenters. The molecule has 0 aliphatic carbocycles. The second kappa shape index (κ2) is 7.49. The zero-order valence-corrected chi connectivity index (χ0v) is 15.1. The quantitative estimate of drug-likeness (QED) is 0.594. The molecule has 1 aliphatic rings. The van der Waals surface area contributed by atoms with Gasteiger partial charge in [-0.05, 0) is 37.1 Å². The summed E-state index contributed by atoms with van der Waals surface area (Å²) in [7, 11) is 1.30. The van der Waals surface area contributed by atoms with Crippen LogP contribution in [0.4, 0.5) is 9.52 Å². The van der Waals surface area contributed by atoms with Gasteiger partial charge in [-0.25, -0.2) is 14.2 Å². The zero-order valence-electron chi connectivity index (χ0n) is 13.5. The van der Waals surface area contributed by atoms with Gasteiger partial charge in [0.15, 0.2) is 20.9 Å². The van der Waals surface area contributed by atoms with Crippen molar-refractivity contribution >= 4 is 39.8 Å². The van der Waals surface area contributed by atoms with Crippen LogP contribution in [-0.2, 0) is 4.74 Å². The highest BCUT2D eigenvalue weighted by molar-refractivity contribution is 7.18. The highest BCUT2D eigenvalue weighted by Gasteiger charge is 2.28. The summed E-state index contributed by atoms with van der Waals surface area (Å²) >= 11 is 7.18. The van der Waals surface area contributed by atoms with Crippen LogP contribution in [0.25, 0.3) is 0 Å². The van der Waals surface area contributed by atoms with Crippen LogP contribution in [0.5, 0.6) is 0 Å². The molecule has 2 aromatic rings. The summed E-state index contributed by atoms with van der Waals surface area (Å²) in [6.07, 6.45) is 1.34. The average Bonchev–Trinajstić information content (AvgIpc) is 3.03. The molecule has 1 fully saturated rings. The molecule has 0 saturated carbocycles. The van der Waals surface area contributed by atoms with E-state index in [2.05, 4.69) is 9.72 Å². The van der Waals surface area contributed by atoms with E-state index in [-0.39, 0.29) is 27.5 Å². The Kier molecular flexibility index (Phi) is 5.34. The number of ether oxygens (including phenoxy) is 1. The second-order valence-corrected chi connectivity index (χ2v) is 7.08. The zero-order chi connectivity index (χ0) is 18.0. The number of ketones is 1. The monoisotopic (exact) mass is 382 g/mol. The standard InChI is InChI=1S/C17H16ClFN2O3S/c1-24-16(23)14-15(18)20-17(25-14)21-8-6-11(7-9-21)13(22)10-2-4-12(19)5-3-10/h2-5,11H,6-9H2,1H3. The minimum atomic E-state index is -0.505. The first-order valence-corrected chi connectivity index (χ1v) is 8.98. The van der Waals surface area contributed by atoms with E-state index in [4.69, 9.17) is 11.6 Å². The van der Waals surface area contributed by atoms with Crippen LogP contribution in [0.1, 0.15) is 32.9 Å². The van der Waals surface area contributed by atoms with Gasteiger partial charge in [0.25, 0.3) is 0 Å². The number of nitrogens with zero attached hydrogens (tertiary/aromatic N) is 2. The predicted octanol–water partition coefficient (Wildman–Crippen LogP) is 3.82. The number of Topliss-reactive ketones (excluding diaryl/α,β-unsaturated/α-hetero) is 1. The third kappa shape index (κ3) is 3.82. The molecule has 1 aromatic carbocycles. The highest BCUT2D eigenvalue weighted by atomic mass is 35.5. The third-order valence-corrected chi connectivity index (χ3v) is 5.69. The first-order chi connectivity index (χ1) is 12.0. The van der Waals surface area contributed by atoms with Crippen LogP contribution < -0.4 is 4.90 Å². The third-order valence-electron chi connectivity index (χ3n) is 4.21. The Morgan fingerprint density at radius 1 is 1.28 bits per heavy atom. The Labute approximate surface area is 153 Å². The van der Waals surface area contributed by atoms with Crippen LogP contribution >= 0.6 is 22.9 Å². The Morgan fingerprint density at radius 3 is 2.52 bits per heavy atom. The second-order valence-electron chi connectivity index (χ2n) is 5.74. The number of carbonyl (C=O) groups is 2. The SMILES string of the molecule is COC(=O)c1sc(N2CCC(C(=O)c3ccc(F)cc3)CC2)nc1Cl. The summed E-state index contributed by atoms with van der Waals surface area (Å²) in [5.41, 5.74) is 0.533. The number of anilines is 1. The lowest BCUT2D eigenvalue weighted by molar-refractivity contribution is 0.0606. The topological polar surface area (TPSA) is 59.5 Å². The number of piperidine rings is 1. The number of esters is 1. The van der Waals surface area contributed by atoms with Gasteiger partial charge in [-0.1, -0.05) is 22.9 Å². The predicted molar refractivity (Wildman–Crippen MR) is 94.1 cm³/mol. The number of halogens is 2. The Morgan fingerprint density at radius 2 is 1.92 bits per heavy atom. The van der Waals surface area contributed by atoms with Crippen molar-refractivity contribution in [3.8, 4) is 0 Å². The first-order valence-electron chi connectivity index (χ1n) is 7.79. The van der Waals surface area contributed by atoms with Crippen LogP contribution in [-0.4, -0.2) is 36.9 Å². The maximum atomic E-state index is 13.0. The molecule has 1 aliphatic heterocycles. The summed E-state index contributed by atoms with van der Waals surface area (Å²) in [4.78, 5) is 30.6. The molecule has 1 aromatic heterocycles. The fraction of sp³-hybridized carbons (Fsp3) is 0.353. The Balaban J connectivity index is 1.65. The fourth-order valence-corrected chi connectivity index (χ4v) is 4.08. The number of methoxy groups -OCH3 is 1. The summed E-state index contributed by atoms with van der Waals surface area (Å²) < 4.78 is 17.7. The lowest BCUT2D eigenvalue weighted by Gasteiger charge is -2.31. The number of thiazole rings is 1. The molecular formula is C17H16ClFN2O3S. The van der Waals surface area contributed by atoms with Gasteiger partial charge in [-0.2, -0.15) is 0 Å². The van der Waals surface area contributed by atoms with E-state index in [9.17, 15) is 14.0 Å². The van der Waals surface area contributed by atoms with Crippen molar-refractivity contribution in [1.82, 2.24) is 4.98 Å². The van der Waals surface area contributed by atoms with E-state index in [1.54, 1.807) is 0 Å². The molecule has 132 valence electrons. The van der Waals surface area contributed by atoms with Gasteiger partial charge in [0.2, 0.25) is 0 Å². The molecule has 0 unspecified atom stereocenters. The lowest BCUT2D eigenvalue weighted by Crippen LogP contribution is -2.36. The molecule has 3 rings (SSSR count). The molecule has 0 amide bonds. The molecule has 0 bridgehead atoms. The Bertz CT molecular complexity index is 786. The fourth-order valence-electron chi connectivity index (χ4n) is 2.83. The largest absolute Gasteiger partial charge is 0.465 e. The molecule has 2 heterocycles. The van der Waals surface area contributed by atoms with Crippen LogP contribution in [0.3, 0.4) is 0 Å². The maximum absolute atomic E-state index is 13.0. The number of aromatic nitrogens is 1. The smallest absolute Gasteiger partial charge is 0.351 e. The van der Waals surface area contributed by atoms with Crippen molar-refractivity contribution in [2.45, 2.75) is 12.8 Å².